The summed E-state index contributed by atoms with van der Waals surface area (Å²) in [5, 5.41) is 6.37. The molecule has 0 amide bonds. The van der Waals surface area contributed by atoms with Crippen LogP contribution in [0.5, 0.6) is 0 Å². The fourth-order valence-electron chi connectivity index (χ4n) is 3.18. The van der Waals surface area contributed by atoms with Crippen molar-refractivity contribution in [3.63, 3.8) is 0 Å². The van der Waals surface area contributed by atoms with E-state index in [1.54, 1.807) is 11.3 Å². The summed E-state index contributed by atoms with van der Waals surface area (Å²) < 4.78 is 0. The van der Waals surface area contributed by atoms with Crippen LogP contribution in [0.3, 0.4) is 0 Å². The number of anilines is 1. The van der Waals surface area contributed by atoms with Crippen molar-refractivity contribution in [2.24, 2.45) is 0 Å². The number of thiophene rings is 1. The smallest absolute Gasteiger partial charge is 0.174 e. The van der Waals surface area contributed by atoms with E-state index < -0.39 is 0 Å². The van der Waals surface area contributed by atoms with Crippen LogP contribution in [0.25, 0.3) is 0 Å². The molecular weight excluding hydrogens is 334 g/mol. The monoisotopic (exact) mass is 351 g/mol. The molecular formula is C19H17N3S2. The SMILES string of the molecule is Cc1ccsc1[C@H]1[C@H](c2ccccn2)NC(=S)N1c1ccccc1. The topological polar surface area (TPSA) is 28.2 Å². The van der Waals surface area contributed by atoms with Gasteiger partial charge in [-0.25, -0.2) is 0 Å². The van der Waals surface area contributed by atoms with Crippen molar-refractivity contribution in [3.05, 3.63) is 82.3 Å². The summed E-state index contributed by atoms with van der Waals surface area (Å²) in [7, 11) is 0. The van der Waals surface area contributed by atoms with Crippen LogP contribution in [-0.4, -0.2) is 10.1 Å². The molecule has 0 aliphatic carbocycles. The zero-order chi connectivity index (χ0) is 16.5. The largest absolute Gasteiger partial charge is 0.351 e. The fourth-order valence-corrected chi connectivity index (χ4v) is 4.57. The molecule has 0 unspecified atom stereocenters. The average molecular weight is 352 g/mol. The van der Waals surface area contributed by atoms with Crippen molar-refractivity contribution >= 4 is 34.4 Å². The van der Waals surface area contributed by atoms with Crippen LogP contribution in [0, 0.1) is 6.92 Å². The average Bonchev–Trinajstić information content (AvgIpc) is 3.19. The highest BCUT2D eigenvalue weighted by Crippen LogP contribution is 2.44. The molecule has 2 atom stereocenters. The predicted molar refractivity (Wildman–Crippen MR) is 103 cm³/mol. The number of hydrogen-bond donors (Lipinski definition) is 1. The molecule has 1 aromatic carbocycles. The molecule has 1 fully saturated rings. The van der Waals surface area contributed by atoms with Gasteiger partial charge in [0.2, 0.25) is 0 Å². The highest BCUT2D eigenvalue weighted by Gasteiger charge is 2.41. The van der Waals surface area contributed by atoms with E-state index in [0.29, 0.717) is 0 Å². The maximum atomic E-state index is 5.69. The molecule has 0 saturated carbocycles. The quantitative estimate of drug-likeness (QED) is 0.697. The molecule has 0 radical (unpaired) electrons. The van der Waals surface area contributed by atoms with Crippen LogP contribution in [0.15, 0.2) is 66.2 Å². The van der Waals surface area contributed by atoms with Crippen LogP contribution < -0.4 is 10.2 Å². The van der Waals surface area contributed by atoms with E-state index in [9.17, 15) is 0 Å². The van der Waals surface area contributed by atoms with Crippen molar-refractivity contribution < 1.29 is 0 Å². The Balaban J connectivity index is 1.84. The number of para-hydroxylation sites is 1. The molecule has 2 aromatic heterocycles. The molecule has 120 valence electrons. The van der Waals surface area contributed by atoms with Gasteiger partial charge in [-0.2, -0.15) is 0 Å². The summed E-state index contributed by atoms with van der Waals surface area (Å²) in [5.74, 6) is 0. The Morgan fingerprint density at radius 2 is 1.88 bits per heavy atom. The molecule has 1 saturated heterocycles. The van der Waals surface area contributed by atoms with Crippen LogP contribution >= 0.6 is 23.6 Å². The summed E-state index contributed by atoms with van der Waals surface area (Å²) >= 11 is 7.46. The number of pyridine rings is 1. The van der Waals surface area contributed by atoms with Gasteiger partial charge in [0.1, 0.15) is 0 Å². The minimum absolute atomic E-state index is 0.0382. The first-order chi connectivity index (χ1) is 11.8. The van der Waals surface area contributed by atoms with E-state index in [4.69, 9.17) is 12.2 Å². The summed E-state index contributed by atoms with van der Waals surface area (Å²) in [6, 6.07) is 18.7. The van der Waals surface area contributed by atoms with Gasteiger partial charge in [0.05, 0.1) is 17.8 Å². The number of nitrogens with one attached hydrogen (secondary N) is 1. The highest BCUT2D eigenvalue weighted by atomic mass is 32.1. The molecule has 1 N–H and O–H groups in total. The summed E-state index contributed by atoms with van der Waals surface area (Å²) in [4.78, 5) is 8.11. The second-order valence-corrected chi connectivity index (χ2v) is 7.13. The third-order valence-corrected chi connectivity index (χ3v) is 5.71. The Morgan fingerprint density at radius 1 is 1.08 bits per heavy atom. The maximum absolute atomic E-state index is 5.69. The molecule has 1 aliphatic rings. The fraction of sp³-hybridized carbons (Fsp3) is 0.158. The van der Waals surface area contributed by atoms with Gasteiger partial charge in [0.15, 0.2) is 5.11 Å². The van der Waals surface area contributed by atoms with Crippen LogP contribution in [0.2, 0.25) is 0 Å². The van der Waals surface area contributed by atoms with Crippen molar-refractivity contribution in [2.75, 3.05) is 4.90 Å². The normalized spacial score (nSPS) is 20.2. The van der Waals surface area contributed by atoms with Gasteiger partial charge in [-0.15, -0.1) is 11.3 Å². The molecule has 0 bridgehead atoms. The van der Waals surface area contributed by atoms with Crippen LogP contribution in [-0.2, 0) is 0 Å². The Bertz CT molecular complexity index is 845. The lowest BCUT2D eigenvalue weighted by Gasteiger charge is -2.27. The van der Waals surface area contributed by atoms with E-state index in [0.717, 1.165) is 16.5 Å². The zero-order valence-electron chi connectivity index (χ0n) is 13.2. The Morgan fingerprint density at radius 3 is 2.54 bits per heavy atom. The summed E-state index contributed by atoms with van der Waals surface area (Å²) in [6.07, 6.45) is 1.84. The number of hydrogen-bond acceptors (Lipinski definition) is 3. The standard InChI is InChI=1S/C19H17N3S2/c1-13-10-12-24-18(13)17-16(15-9-5-6-11-20-15)21-19(23)22(17)14-7-3-2-4-8-14/h2-12,16-17H,1H3,(H,21,23)/t16-,17+/m0/s1. The number of rotatable bonds is 3. The van der Waals surface area contributed by atoms with E-state index in [1.165, 1.54) is 10.4 Å². The lowest BCUT2D eigenvalue weighted by Crippen LogP contribution is -2.29. The Hall–Kier alpha value is -2.24. The van der Waals surface area contributed by atoms with Crippen LogP contribution in [0.4, 0.5) is 5.69 Å². The van der Waals surface area contributed by atoms with Gasteiger partial charge in [-0.05, 0) is 60.4 Å². The van der Waals surface area contributed by atoms with Crippen molar-refractivity contribution in [2.45, 2.75) is 19.0 Å². The van der Waals surface area contributed by atoms with Gasteiger partial charge in [0.25, 0.3) is 0 Å². The zero-order valence-corrected chi connectivity index (χ0v) is 14.8. The van der Waals surface area contributed by atoms with Gasteiger partial charge >= 0.3 is 0 Å². The highest BCUT2D eigenvalue weighted by molar-refractivity contribution is 7.80. The second kappa shape index (κ2) is 6.34. The first-order valence-corrected chi connectivity index (χ1v) is 9.14. The molecule has 3 heterocycles. The van der Waals surface area contributed by atoms with Crippen molar-refractivity contribution in [1.29, 1.82) is 0 Å². The van der Waals surface area contributed by atoms with Crippen molar-refractivity contribution in [1.82, 2.24) is 10.3 Å². The number of benzene rings is 1. The number of aromatic nitrogens is 1. The lowest BCUT2D eigenvalue weighted by molar-refractivity contribution is 0.573. The lowest BCUT2D eigenvalue weighted by atomic mass is 10.0. The predicted octanol–water partition coefficient (Wildman–Crippen LogP) is 4.63. The third-order valence-electron chi connectivity index (χ3n) is 4.30. The molecule has 24 heavy (non-hydrogen) atoms. The van der Waals surface area contributed by atoms with Crippen LogP contribution in [0.1, 0.15) is 28.2 Å². The van der Waals surface area contributed by atoms with Gasteiger partial charge in [-0.3, -0.25) is 4.98 Å². The Kier molecular flexibility index (Phi) is 4.04. The summed E-state index contributed by atoms with van der Waals surface area (Å²) in [5.41, 5.74) is 3.40. The molecule has 3 aromatic rings. The molecule has 0 spiro atoms. The van der Waals surface area contributed by atoms with Gasteiger partial charge < -0.3 is 10.2 Å². The van der Waals surface area contributed by atoms with E-state index in [2.05, 4.69) is 51.8 Å². The second-order valence-electron chi connectivity index (χ2n) is 5.80. The number of nitrogens with zero attached hydrogens (tertiary/aromatic N) is 2. The minimum Gasteiger partial charge on any atom is -0.351 e. The molecule has 1 aliphatic heterocycles. The van der Waals surface area contributed by atoms with Crippen molar-refractivity contribution in [3.8, 4) is 0 Å². The van der Waals surface area contributed by atoms with Gasteiger partial charge in [0, 0.05) is 16.8 Å². The van der Waals surface area contributed by atoms with Gasteiger partial charge in [-0.1, -0.05) is 24.3 Å². The minimum atomic E-state index is 0.0382. The molecule has 3 nitrogen and oxygen atoms in total. The number of aryl methyl sites for hydroxylation is 1. The Labute approximate surface area is 151 Å². The summed E-state index contributed by atoms with van der Waals surface area (Å²) in [6.45, 7) is 2.16. The van der Waals surface area contributed by atoms with E-state index in [-0.39, 0.29) is 12.1 Å². The van der Waals surface area contributed by atoms with E-state index in [1.807, 2.05) is 36.5 Å². The molecule has 5 heteroatoms. The number of thiocarbonyl (C=S) groups is 1. The first-order valence-electron chi connectivity index (χ1n) is 7.85. The maximum Gasteiger partial charge on any atom is 0.174 e. The molecule has 4 rings (SSSR count). The first kappa shape index (κ1) is 15.3. The van der Waals surface area contributed by atoms with E-state index >= 15 is 0 Å². The third kappa shape index (κ3) is 2.60.